The van der Waals surface area contributed by atoms with Crippen molar-refractivity contribution in [2.45, 2.75) is 31.7 Å². The molecule has 0 aromatic carbocycles. The number of hydrogen-bond acceptors (Lipinski definition) is 4. The zero-order valence-corrected chi connectivity index (χ0v) is 14.2. The minimum absolute atomic E-state index is 0.0238. The van der Waals surface area contributed by atoms with Gasteiger partial charge in [-0.2, -0.15) is 0 Å². The summed E-state index contributed by atoms with van der Waals surface area (Å²) < 4.78 is 5.57. The molecule has 0 radical (unpaired) electrons. The van der Waals surface area contributed by atoms with Crippen molar-refractivity contribution in [2.75, 3.05) is 33.4 Å². The molecular weight excluding hydrogens is 306 g/mol. The van der Waals surface area contributed by atoms with Crippen molar-refractivity contribution in [3.63, 3.8) is 0 Å². The molecule has 0 spiro atoms. The molecule has 1 aromatic rings. The molecule has 2 aliphatic heterocycles. The third-order valence-corrected chi connectivity index (χ3v) is 4.93. The Morgan fingerprint density at radius 1 is 1.33 bits per heavy atom. The molecule has 2 amide bonds. The first-order valence-corrected chi connectivity index (χ1v) is 8.66. The van der Waals surface area contributed by atoms with E-state index in [9.17, 15) is 9.59 Å². The van der Waals surface area contributed by atoms with Crippen LogP contribution in [0.2, 0.25) is 0 Å². The fraction of sp³-hybridized carbons (Fsp3) is 0.611. The van der Waals surface area contributed by atoms with E-state index >= 15 is 0 Å². The van der Waals surface area contributed by atoms with Crippen LogP contribution in [0.1, 0.15) is 24.8 Å². The molecule has 0 unspecified atom stereocenters. The van der Waals surface area contributed by atoms with Gasteiger partial charge in [0, 0.05) is 39.0 Å². The van der Waals surface area contributed by atoms with Gasteiger partial charge in [0.2, 0.25) is 11.8 Å². The van der Waals surface area contributed by atoms with Gasteiger partial charge in [-0.15, -0.1) is 0 Å². The molecule has 6 heteroatoms. The normalized spacial score (nSPS) is 24.0. The molecule has 3 heterocycles. The fourth-order valence-electron chi connectivity index (χ4n) is 3.41. The Hall–Kier alpha value is -1.95. The number of nitrogens with zero attached hydrogens (tertiary/aromatic N) is 3. The molecule has 2 saturated heterocycles. The second-order valence-electron chi connectivity index (χ2n) is 6.70. The van der Waals surface area contributed by atoms with Crippen molar-refractivity contribution in [2.24, 2.45) is 5.92 Å². The van der Waals surface area contributed by atoms with Crippen LogP contribution in [0, 0.1) is 5.92 Å². The number of ether oxygens (including phenoxy) is 1. The number of carbonyl (C=O) groups excluding carboxylic acids is 2. The highest BCUT2D eigenvalue weighted by Gasteiger charge is 2.38. The van der Waals surface area contributed by atoms with E-state index in [2.05, 4.69) is 11.1 Å². The number of carbonyl (C=O) groups is 2. The third-order valence-electron chi connectivity index (χ3n) is 4.93. The summed E-state index contributed by atoms with van der Waals surface area (Å²) in [5, 5.41) is 0. The number of rotatable bonds is 5. The quantitative estimate of drug-likeness (QED) is 0.758. The first-order valence-electron chi connectivity index (χ1n) is 8.66. The van der Waals surface area contributed by atoms with Crippen molar-refractivity contribution in [3.05, 3.63) is 30.1 Å². The van der Waals surface area contributed by atoms with Gasteiger partial charge in [0.05, 0.1) is 25.2 Å². The van der Waals surface area contributed by atoms with E-state index in [4.69, 9.17) is 4.74 Å². The first kappa shape index (κ1) is 16.9. The number of aromatic nitrogens is 1. The Morgan fingerprint density at radius 3 is 3.00 bits per heavy atom. The number of amides is 2. The monoisotopic (exact) mass is 331 g/mol. The van der Waals surface area contributed by atoms with Crippen LogP contribution in [0.15, 0.2) is 24.5 Å². The van der Waals surface area contributed by atoms with E-state index in [1.54, 1.807) is 11.1 Å². The molecule has 2 atom stereocenters. The van der Waals surface area contributed by atoms with Crippen LogP contribution < -0.4 is 0 Å². The average Bonchev–Trinajstić information content (AvgIpc) is 2.78. The molecule has 130 valence electrons. The Kier molecular flexibility index (Phi) is 5.45. The van der Waals surface area contributed by atoms with Crippen LogP contribution in [0.3, 0.4) is 0 Å². The lowest BCUT2D eigenvalue weighted by Crippen LogP contribution is -2.45. The van der Waals surface area contributed by atoms with Crippen LogP contribution in [-0.4, -0.2) is 66.0 Å². The van der Waals surface area contributed by atoms with E-state index in [1.807, 2.05) is 24.2 Å². The molecule has 0 aliphatic carbocycles. The Labute approximate surface area is 142 Å². The number of fused-ring (bicyclic) bond motifs is 3. The fourth-order valence-corrected chi connectivity index (χ4v) is 3.41. The highest BCUT2D eigenvalue weighted by molar-refractivity contribution is 5.82. The SMILES string of the molecule is CN1C(=O)[C@H]2COC[C@@H]1CN(C(=O)CCCCc1cccnc1)C2. The Balaban J connectivity index is 1.49. The van der Waals surface area contributed by atoms with Gasteiger partial charge in [0.15, 0.2) is 0 Å². The third kappa shape index (κ3) is 3.93. The van der Waals surface area contributed by atoms with Crippen LogP contribution in [0.4, 0.5) is 0 Å². The van der Waals surface area contributed by atoms with Crippen molar-refractivity contribution < 1.29 is 14.3 Å². The smallest absolute Gasteiger partial charge is 0.229 e. The summed E-state index contributed by atoms with van der Waals surface area (Å²) in [4.78, 5) is 32.6. The molecule has 6 nitrogen and oxygen atoms in total. The molecular formula is C18H25N3O3. The minimum atomic E-state index is -0.221. The zero-order valence-electron chi connectivity index (χ0n) is 14.2. The number of aryl methyl sites for hydroxylation is 1. The molecule has 2 aliphatic rings. The van der Waals surface area contributed by atoms with Gasteiger partial charge >= 0.3 is 0 Å². The van der Waals surface area contributed by atoms with Crippen LogP contribution in [0.25, 0.3) is 0 Å². The van der Waals surface area contributed by atoms with Crippen molar-refractivity contribution >= 4 is 11.8 Å². The second kappa shape index (κ2) is 7.75. The average molecular weight is 331 g/mol. The summed E-state index contributed by atoms with van der Waals surface area (Å²) in [6.07, 6.45) is 6.96. The Bertz CT molecular complexity index is 578. The molecule has 24 heavy (non-hydrogen) atoms. The summed E-state index contributed by atoms with van der Waals surface area (Å²) in [7, 11) is 1.82. The predicted molar refractivity (Wildman–Crippen MR) is 89.2 cm³/mol. The van der Waals surface area contributed by atoms with E-state index in [1.165, 1.54) is 5.56 Å². The van der Waals surface area contributed by atoms with Crippen LogP contribution in [0.5, 0.6) is 0 Å². The standard InChI is InChI=1S/C18H25N3O3/c1-20-16-11-21(10-15(18(20)23)12-24-13-16)17(22)7-3-2-5-14-6-4-8-19-9-14/h4,6,8-9,15-16H,2-3,5,7,10-13H2,1H3/t15-,16+/m1/s1. The van der Waals surface area contributed by atoms with Gasteiger partial charge < -0.3 is 14.5 Å². The predicted octanol–water partition coefficient (Wildman–Crippen LogP) is 1.11. The summed E-state index contributed by atoms with van der Waals surface area (Å²) in [6.45, 7) is 2.01. The van der Waals surface area contributed by atoms with E-state index in [0.717, 1.165) is 19.3 Å². The molecule has 0 saturated carbocycles. The second-order valence-corrected chi connectivity index (χ2v) is 6.70. The van der Waals surface area contributed by atoms with Crippen LogP contribution in [-0.2, 0) is 20.7 Å². The molecule has 2 fully saturated rings. The van der Waals surface area contributed by atoms with Gasteiger partial charge in [-0.05, 0) is 30.9 Å². The lowest BCUT2D eigenvalue weighted by atomic mass is 10.1. The van der Waals surface area contributed by atoms with Gasteiger partial charge in [-0.25, -0.2) is 0 Å². The minimum Gasteiger partial charge on any atom is -0.378 e. The lowest BCUT2D eigenvalue weighted by Gasteiger charge is -2.29. The van der Waals surface area contributed by atoms with E-state index in [0.29, 0.717) is 32.7 Å². The molecule has 1 aromatic heterocycles. The van der Waals surface area contributed by atoms with Gasteiger partial charge in [0.1, 0.15) is 0 Å². The highest BCUT2D eigenvalue weighted by atomic mass is 16.5. The number of hydrogen-bond donors (Lipinski definition) is 0. The number of unbranched alkanes of at least 4 members (excludes halogenated alkanes) is 1. The summed E-state index contributed by atoms with van der Waals surface area (Å²) in [5.74, 6) is 0.0346. The topological polar surface area (TPSA) is 62.7 Å². The maximum Gasteiger partial charge on any atom is 0.229 e. The van der Waals surface area contributed by atoms with E-state index < -0.39 is 0 Å². The van der Waals surface area contributed by atoms with Crippen molar-refractivity contribution in [3.8, 4) is 0 Å². The number of pyridine rings is 1. The lowest BCUT2D eigenvalue weighted by molar-refractivity contribution is -0.134. The number of likely N-dealkylation sites (N-methyl/N-ethyl adjacent to an activating group) is 1. The largest absolute Gasteiger partial charge is 0.378 e. The maximum absolute atomic E-state index is 12.5. The molecule has 0 N–H and O–H groups in total. The van der Waals surface area contributed by atoms with Gasteiger partial charge in [-0.1, -0.05) is 6.07 Å². The van der Waals surface area contributed by atoms with E-state index in [-0.39, 0.29) is 23.8 Å². The first-order chi connectivity index (χ1) is 11.6. The Morgan fingerprint density at radius 2 is 2.21 bits per heavy atom. The molecule has 2 bridgehead atoms. The van der Waals surface area contributed by atoms with Gasteiger partial charge in [0.25, 0.3) is 0 Å². The van der Waals surface area contributed by atoms with Crippen LogP contribution >= 0.6 is 0 Å². The van der Waals surface area contributed by atoms with Gasteiger partial charge in [-0.3, -0.25) is 14.6 Å². The van der Waals surface area contributed by atoms with Crippen molar-refractivity contribution in [1.29, 1.82) is 0 Å². The zero-order chi connectivity index (χ0) is 16.9. The summed E-state index contributed by atoms with van der Waals surface area (Å²) in [6, 6.07) is 3.97. The highest BCUT2D eigenvalue weighted by Crippen LogP contribution is 2.20. The van der Waals surface area contributed by atoms with Crippen molar-refractivity contribution in [1.82, 2.24) is 14.8 Å². The maximum atomic E-state index is 12.5. The molecule has 3 rings (SSSR count). The summed E-state index contributed by atoms with van der Waals surface area (Å²) >= 11 is 0. The summed E-state index contributed by atoms with van der Waals surface area (Å²) in [5.41, 5.74) is 1.21.